The fraction of sp³-hybridized carbons (Fsp3) is 0.238. The molecule has 162 valence electrons. The van der Waals surface area contributed by atoms with Gasteiger partial charge in [0.25, 0.3) is 5.91 Å². The second kappa shape index (κ2) is 7.88. The summed E-state index contributed by atoms with van der Waals surface area (Å²) in [7, 11) is 0. The molecule has 2 atom stereocenters. The molecule has 0 aliphatic carbocycles. The lowest BCUT2D eigenvalue weighted by molar-refractivity contribution is -0.173. The molecule has 5 nitrogen and oxygen atoms in total. The Balaban J connectivity index is 1.68. The SMILES string of the molecule is Cc1ccc([C@@H]2C[C@H](C(F)(F)F)n3ncc(C(=O)Nc4ccc(F)c(Cl)c4)c3N2)cc1. The van der Waals surface area contributed by atoms with Crippen molar-refractivity contribution in [3.63, 3.8) is 0 Å². The minimum Gasteiger partial charge on any atom is -0.363 e. The molecular formula is C21H17ClF4N4O. The van der Waals surface area contributed by atoms with Crippen LogP contribution in [-0.2, 0) is 0 Å². The zero-order valence-electron chi connectivity index (χ0n) is 16.2. The Morgan fingerprint density at radius 1 is 1.23 bits per heavy atom. The third-order valence-electron chi connectivity index (χ3n) is 5.14. The number of nitrogens with zero attached hydrogens (tertiary/aromatic N) is 2. The number of carbonyl (C=O) groups excluding carboxylic acids is 1. The molecule has 0 bridgehead atoms. The van der Waals surface area contributed by atoms with Gasteiger partial charge in [-0.15, -0.1) is 0 Å². The van der Waals surface area contributed by atoms with Crippen LogP contribution in [0.2, 0.25) is 5.02 Å². The maximum atomic E-state index is 13.8. The molecule has 0 saturated heterocycles. The van der Waals surface area contributed by atoms with E-state index in [1.54, 1.807) is 12.1 Å². The highest BCUT2D eigenvalue weighted by atomic mass is 35.5. The second-order valence-electron chi connectivity index (χ2n) is 7.34. The Morgan fingerprint density at radius 3 is 2.58 bits per heavy atom. The van der Waals surface area contributed by atoms with Crippen LogP contribution >= 0.6 is 11.6 Å². The van der Waals surface area contributed by atoms with E-state index >= 15 is 0 Å². The largest absolute Gasteiger partial charge is 0.410 e. The summed E-state index contributed by atoms with van der Waals surface area (Å²) in [6.45, 7) is 1.88. The number of aryl methyl sites for hydroxylation is 1. The maximum absolute atomic E-state index is 13.8. The van der Waals surface area contributed by atoms with Crippen molar-refractivity contribution in [3.8, 4) is 0 Å². The normalized spacial score (nSPS) is 18.3. The van der Waals surface area contributed by atoms with Crippen molar-refractivity contribution in [2.75, 3.05) is 10.6 Å². The lowest BCUT2D eigenvalue weighted by Gasteiger charge is -2.34. The van der Waals surface area contributed by atoms with Crippen molar-refractivity contribution in [1.82, 2.24) is 9.78 Å². The van der Waals surface area contributed by atoms with Gasteiger partial charge in [0, 0.05) is 12.1 Å². The number of halogens is 5. The Kier molecular flexibility index (Phi) is 5.38. The smallest absolute Gasteiger partial charge is 0.363 e. The highest BCUT2D eigenvalue weighted by molar-refractivity contribution is 6.31. The van der Waals surface area contributed by atoms with E-state index in [0.29, 0.717) is 5.56 Å². The van der Waals surface area contributed by atoms with Gasteiger partial charge in [-0.1, -0.05) is 41.4 Å². The van der Waals surface area contributed by atoms with Gasteiger partial charge in [0.15, 0.2) is 6.04 Å². The zero-order valence-corrected chi connectivity index (χ0v) is 16.9. The van der Waals surface area contributed by atoms with E-state index in [1.807, 2.05) is 19.1 Å². The number of rotatable bonds is 3. The first-order valence-corrected chi connectivity index (χ1v) is 9.75. The number of benzene rings is 2. The lowest BCUT2D eigenvalue weighted by atomic mass is 9.96. The molecule has 0 fully saturated rings. The van der Waals surface area contributed by atoms with Crippen LogP contribution in [0.5, 0.6) is 0 Å². The summed E-state index contributed by atoms with van der Waals surface area (Å²) < 4.78 is 55.5. The molecule has 2 N–H and O–H groups in total. The van der Waals surface area contributed by atoms with E-state index in [-0.39, 0.29) is 28.5 Å². The van der Waals surface area contributed by atoms with Crippen molar-refractivity contribution in [1.29, 1.82) is 0 Å². The quantitative estimate of drug-likeness (QED) is 0.487. The van der Waals surface area contributed by atoms with Gasteiger partial charge in [-0.3, -0.25) is 4.79 Å². The Hall–Kier alpha value is -3.07. The molecule has 10 heteroatoms. The average Bonchev–Trinajstić information content (AvgIpc) is 3.14. The summed E-state index contributed by atoms with van der Waals surface area (Å²) in [5.74, 6) is -1.38. The van der Waals surface area contributed by atoms with Crippen LogP contribution in [0.4, 0.5) is 29.1 Å². The number of hydrogen-bond acceptors (Lipinski definition) is 3. The predicted octanol–water partition coefficient (Wildman–Crippen LogP) is 5.90. The monoisotopic (exact) mass is 452 g/mol. The minimum absolute atomic E-state index is 0.0372. The van der Waals surface area contributed by atoms with Crippen LogP contribution in [-0.4, -0.2) is 21.9 Å². The second-order valence-corrected chi connectivity index (χ2v) is 7.74. The summed E-state index contributed by atoms with van der Waals surface area (Å²) >= 11 is 5.72. The van der Waals surface area contributed by atoms with E-state index in [1.165, 1.54) is 12.1 Å². The summed E-state index contributed by atoms with van der Waals surface area (Å²) in [4.78, 5) is 12.8. The molecule has 0 spiro atoms. The number of anilines is 2. The molecule has 1 amide bonds. The molecule has 3 aromatic rings. The Morgan fingerprint density at radius 2 is 1.94 bits per heavy atom. The number of hydrogen-bond donors (Lipinski definition) is 2. The number of carbonyl (C=O) groups is 1. The average molecular weight is 453 g/mol. The van der Waals surface area contributed by atoms with Crippen LogP contribution in [0.15, 0.2) is 48.7 Å². The first kappa shape index (κ1) is 21.2. The standard InChI is InChI=1S/C21H17ClF4N4O/c1-11-2-4-12(5-3-11)17-9-18(21(24,25)26)30-19(29-17)14(10-27-30)20(31)28-13-6-7-16(23)15(22)8-13/h2-8,10,17-18,29H,9H2,1H3,(H,28,31)/t17-,18+/m0/s1. The molecule has 1 aliphatic heterocycles. The first-order valence-electron chi connectivity index (χ1n) is 9.37. The third kappa shape index (κ3) is 4.23. The number of aromatic nitrogens is 2. The predicted molar refractivity (Wildman–Crippen MR) is 109 cm³/mol. The van der Waals surface area contributed by atoms with Gasteiger partial charge >= 0.3 is 6.18 Å². The zero-order chi connectivity index (χ0) is 22.3. The number of fused-ring (bicyclic) bond motifs is 1. The van der Waals surface area contributed by atoms with Crippen LogP contribution in [0, 0.1) is 12.7 Å². The van der Waals surface area contributed by atoms with E-state index in [0.717, 1.165) is 22.5 Å². The fourth-order valence-corrected chi connectivity index (χ4v) is 3.70. The van der Waals surface area contributed by atoms with Gasteiger partial charge in [0.05, 0.1) is 17.3 Å². The first-order chi connectivity index (χ1) is 14.6. The van der Waals surface area contributed by atoms with Crippen LogP contribution in [0.1, 0.15) is 40.0 Å². The Labute approximate surface area is 180 Å². The van der Waals surface area contributed by atoms with Crippen molar-refractivity contribution >= 4 is 29.0 Å². The van der Waals surface area contributed by atoms with Gasteiger partial charge in [0.2, 0.25) is 0 Å². The molecule has 2 aromatic carbocycles. The van der Waals surface area contributed by atoms with Crippen LogP contribution in [0.25, 0.3) is 0 Å². The number of amides is 1. The van der Waals surface area contributed by atoms with E-state index in [2.05, 4.69) is 15.7 Å². The fourth-order valence-electron chi connectivity index (χ4n) is 3.52. The lowest BCUT2D eigenvalue weighted by Crippen LogP contribution is -2.36. The Bertz CT molecular complexity index is 1130. The molecule has 31 heavy (non-hydrogen) atoms. The number of alkyl halides is 3. The molecule has 0 saturated carbocycles. The van der Waals surface area contributed by atoms with Gasteiger partial charge in [-0.05, 0) is 30.7 Å². The summed E-state index contributed by atoms with van der Waals surface area (Å²) in [5, 5.41) is 9.18. The van der Waals surface area contributed by atoms with Gasteiger partial charge in [-0.25, -0.2) is 9.07 Å². The van der Waals surface area contributed by atoms with Crippen molar-refractivity contribution < 1.29 is 22.4 Å². The molecule has 0 unspecified atom stereocenters. The van der Waals surface area contributed by atoms with E-state index in [4.69, 9.17) is 11.6 Å². The summed E-state index contributed by atoms with van der Waals surface area (Å²) in [6.07, 6.45) is -3.74. The summed E-state index contributed by atoms with van der Waals surface area (Å²) in [6, 6.07) is 8.19. The van der Waals surface area contributed by atoms with Crippen molar-refractivity contribution in [2.45, 2.75) is 31.6 Å². The number of nitrogens with one attached hydrogen (secondary N) is 2. The third-order valence-corrected chi connectivity index (χ3v) is 5.43. The molecule has 4 rings (SSSR count). The van der Waals surface area contributed by atoms with Gasteiger partial charge in [-0.2, -0.15) is 18.3 Å². The van der Waals surface area contributed by atoms with Crippen molar-refractivity contribution in [2.24, 2.45) is 0 Å². The van der Waals surface area contributed by atoms with E-state index in [9.17, 15) is 22.4 Å². The molecule has 1 aliphatic rings. The molecule has 0 radical (unpaired) electrons. The molecular weight excluding hydrogens is 436 g/mol. The van der Waals surface area contributed by atoms with Crippen molar-refractivity contribution in [3.05, 3.63) is 76.2 Å². The van der Waals surface area contributed by atoms with Crippen LogP contribution in [0.3, 0.4) is 0 Å². The maximum Gasteiger partial charge on any atom is 0.410 e. The van der Waals surface area contributed by atoms with E-state index < -0.39 is 30.0 Å². The summed E-state index contributed by atoms with van der Waals surface area (Å²) in [5.41, 5.74) is 1.79. The molecule has 2 heterocycles. The van der Waals surface area contributed by atoms with Gasteiger partial charge < -0.3 is 10.6 Å². The minimum atomic E-state index is -4.55. The topological polar surface area (TPSA) is 59.0 Å². The van der Waals surface area contributed by atoms with Gasteiger partial charge in [0.1, 0.15) is 17.2 Å². The highest BCUT2D eigenvalue weighted by Crippen LogP contribution is 2.44. The van der Waals surface area contributed by atoms with Crippen LogP contribution < -0.4 is 10.6 Å². The highest BCUT2D eigenvalue weighted by Gasteiger charge is 2.47. The molecule has 1 aromatic heterocycles.